The molecular formula is C15H12Br2FNO3. The van der Waals surface area contributed by atoms with Crippen molar-refractivity contribution >= 4 is 37.8 Å². The molecule has 0 amide bonds. The van der Waals surface area contributed by atoms with Gasteiger partial charge >= 0.3 is 5.97 Å². The highest BCUT2D eigenvalue weighted by molar-refractivity contribution is 9.10. The van der Waals surface area contributed by atoms with Crippen LogP contribution in [0.2, 0.25) is 0 Å². The standard InChI is InChI=1S/C15H12Br2FNO3/c1-2-22-15(21)11-7-12(17)13(8-16)19(14(11)20)10-5-3-9(18)4-6-10/h3-7H,2,8H2,1H3. The Morgan fingerprint density at radius 1 is 1.32 bits per heavy atom. The van der Waals surface area contributed by atoms with Crippen LogP contribution in [-0.4, -0.2) is 17.1 Å². The minimum atomic E-state index is -0.690. The number of ether oxygens (including phenoxy) is 1. The second-order valence-electron chi connectivity index (χ2n) is 4.32. The van der Waals surface area contributed by atoms with E-state index in [1.165, 1.54) is 34.9 Å². The summed E-state index contributed by atoms with van der Waals surface area (Å²) in [5, 5.41) is 0.378. The molecule has 22 heavy (non-hydrogen) atoms. The van der Waals surface area contributed by atoms with Gasteiger partial charge in [0.1, 0.15) is 11.4 Å². The fourth-order valence-electron chi connectivity index (χ4n) is 1.96. The Labute approximate surface area is 143 Å². The van der Waals surface area contributed by atoms with Crippen LogP contribution in [0.4, 0.5) is 4.39 Å². The molecule has 0 unspecified atom stereocenters. The molecule has 0 spiro atoms. The third-order valence-corrected chi connectivity index (χ3v) is 4.17. The molecule has 0 aliphatic carbocycles. The third kappa shape index (κ3) is 3.30. The molecule has 7 heteroatoms. The van der Waals surface area contributed by atoms with Crippen LogP contribution in [0, 0.1) is 5.82 Å². The average Bonchev–Trinajstić information content (AvgIpc) is 2.50. The minimum absolute atomic E-state index is 0.0808. The summed E-state index contributed by atoms with van der Waals surface area (Å²) in [4.78, 5) is 24.6. The molecule has 1 aromatic carbocycles. The van der Waals surface area contributed by atoms with Crippen LogP contribution in [0.25, 0.3) is 5.69 Å². The maximum Gasteiger partial charge on any atom is 0.343 e. The van der Waals surface area contributed by atoms with Crippen molar-refractivity contribution in [2.75, 3.05) is 6.61 Å². The zero-order valence-corrected chi connectivity index (χ0v) is 14.8. The average molecular weight is 433 g/mol. The van der Waals surface area contributed by atoms with Gasteiger partial charge in [0.05, 0.1) is 12.3 Å². The van der Waals surface area contributed by atoms with E-state index in [1.54, 1.807) is 6.92 Å². The molecular weight excluding hydrogens is 421 g/mol. The van der Waals surface area contributed by atoms with Gasteiger partial charge in [0.2, 0.25) is 0 Å². The largest absolute Gasteiger partial charge is 0.462 e. The van der Waals surface area contributed by atoms with E-state index in [0.29, 0.717) is 21.2 Å². The van der Waals surface area contributed by atoms with Crippen molar-refractivity contribution in [2.45, 2.75) is 12.3 Å². The molecule has 0 N–H and O–H groups in total. The summed E-state index contributed by atoms with van der Waals surface area (Å²) >= 11 is 6.67. The molecule has 0 radical (unpaired) electrons. The first-order valence-electron chi connectivity index (χ1n) is 6.43. The number of aromatic nitrogens is 1. The first-order chi connectivity index (χ1) is 10.5. The fourth-order valence-corrected chi connectivity index (χ4v) is 3.44. The van der Waals surface area contributed by atoms with Gasteiger partial charge in [-0.25, -0.2) is 9.18 Å². The van der Waals surface area contributed by atoms with E-state index in [0.717, 1.165) is 0 Å². The first-order valence-corrected chi connectivity index (χ1v) is 8.34. The molecule has 0 bridgehead atoms. The molecule has 0 saturated heterocycles. The highest BCUT2D eigenvalue weighted by Gasteiger charge is 2.19. The number of hydrogen-bond acceptors (Lipinski definition) is 3. The van der Waals surface area contributed by atoms with Crippen molar-refractivity contribution in [1.29, 1.82) is 0 Å². The Kier molecular flexibility index (Phi) is 5.52. The smallest absolute Gasteiger partial charge is 0.343 e. The number of esters is 1. The van der Waals surface area contributed by atoms with Gasteiger partial charge < -0.3 is 4.74 Å². The van der Waals surface area contributed by atoms with Gasteiger partial charge in [0, 0.05) is 15.5 Å². The Morgan fingerprint density at radius 3 is 2.50 bits per heavy atom. The van der Waals surface area contributed by atoms with E-state index in [9.17, 15) is 14.0 Å². The number of pyridine rings is 1. The van der Waals surface area contributed by atoms with Crippen molar-refractivity contribution < 1.29 is 13.9 Å². The van der Waals surface area contributed by atoms with Crippen LogP contribution in [0.3, 0.4) is 0 Å². The van der Waals surface area contributed by atoms with E-state index in [1.807, 2.05) is 0 Å². The molecule has 1 heterocycles. The molecule has 116 valence electrons. The Hall–Kier alpha value is -1.47. The molecule has 0 aliphatic heterocycles. The molecule has 0 saturated carbocycles. The van der Waals surface area contributed by atoms with E-state index in [4.69, 9.17) is 4.74 Å². The minimum Gasteiger partial charge on any atom is -0.462 e. The lowest BCUT2D eigenvalue weighted by Gasteiger charge is -2.15. The van der Waals surface area contributed by atoms with E-state index in [2.05, 4.69) is 31.9 Å². The lowest BCUT2D eigenvalue weighted by molar-refractivity contribution is 0.0523. The van der Waals surface area contributed by atoms with E-state index in [-0.39, 0.29) is 12.2 Å². The Morgan fingerprint density at radius 2 is 1.95 bits per heavy atom. The molecule has 4 nitrogen and oxygen atoms in total. The van der Waals surface area contributed by atoms with Crippen molar-refractivity contribution in [3.63, 3.8) is 0 Å². The molecule has 2 rings (SSSR count). The second kappa shape index (κ2) is 7.19. The summed E-state index contributed by atoms with van der Waals surface area (Å²) in [5.74, 6) is -1.09. The van der Waals surface area contributed by atoms with Crippen molar-refractivity contribution in [3.8, 4) is 5.69 Å². The molecule has 0 fully saturated rings. The summed E-state index contributed by atoms with van der Waals surface area (Å²) < 4.78 is 19.9. The van der Waals surface area contributed by atoms with Crippen LogP contribution >= 0.6 is 31.9 Å². The summed E-state index contributed by atoms with van der Waals surface area (Å²) in [5.41, 5.74) is 0.489. The number of nitrogens with zero attached hydrogens (tertiary/aromatic N) is 1. The second-order valence-corrected chi connectivity index (χ2v) is 5.74. The zero-order valence-electron chi connectivity index (χ0n) is 11.6. The number of halogens is 3. The van der Waals surface area contributed by atoms with Gasteiger partial charge in [-0.15, -0.1) is 0 Å². The number of alkyl halides is 1. The highest BCUT2D eigenvalue weighted by atomic mass is 79.9. The van der Waals surface area contributed by atoms with Gasteiger partial charge in [-0.05, 0) is 53.2 Å². The normalized spacial score (nSPS) is 10.5. The predicted octanol–water partition coefficient (Wildman–Crippen LogP) is 3.81. The Bertz CT molecular complexity index is 757. The fraction of sp³-hybridized carbons (Fsp3) is 0.200. The summed E-state index contributed by atoms with van der Waals surface area (Å²) in [6, 6.07) is 6.90. The van der Waals surface area contributed by atoms with Gasteiger partial charge in [-0.2, -0.15) is 0 Å². The summed E-state index contributed by atoms with van der Waals surface area (Å²) in [6.07, 6.45) is 0. The summed E-state index contributed by atoms with van der Waals surface area (Å²) in [6.45, 7) is 1.84. The number of benzene rings is 1. The number of carbonyl (C=O) groups excluding carboxylic acids is 1. The van der Waals surface area contributed by atoms with Crippen LogP contribution < -0.4 is 5.56 Å². The monoisotopic (exact) mass is 431 g/mol. The first kappa shape index (κ1) is 16.9. The third-order valence-electron chi connectivity index (χ3n) is 2.96. The van der Waals surface area contributed by atoms with Crippen molar-refractivity contribution in [3.05, 3.63) is 62.2 Å². The predicted molar refractivity (Wildman–Crippen MR) is 88.3 cm³/mol. The van der Waals surface area contributed by atoms with Crippen LogP contribution in [0.5, 0.6) is 0 Å². The van der Waals surface area contributed by atoms with Crippen molar-refractivity contribution in [2.24, 2.45) is 0 Å². The lowest BCUT2D eigenvalue weighted by Crippen LogP contribution is -2.28. The lowest BCUT2D eigenvalue weighted by atomic mass is 10.2. The maximum atomic E-state index is 13.1. The van der Waals surface area contributed by atoms with Crippen LogP contribution in [-0.2, 0) is 10.1 Å². The van der Waals surface area contributed by atoms with Crippen LogP contribution in [0.1, 0.15) is 23.0 Å². The van der Waals surface area contributed by atoms with E-state index < -0.39 is 17.3 Å². The Balaban J connectivity index is 2.72. The number of carbonyl (C=O) groups is 1. The maximum absolute atomic E-state index is 13.1. The number of rotatable bonds is 4. The molecule has 1 aromatic heterocycles. The quantitative estimate of drug-likeness (QED) is 0.545. The highest BCUT2D eigenvalue weighted by Crippen LogP contribution is 2.22. The molecule has 0 atom stereocenters. The van der Waals surface area contributed by atoms with Gasteiger partial charge in [0.25, 0.3) is 5.56 Å². The molecule has 2 aromatic rings. The van der Waals surface area contributed by atoms with Gasteiger partial charge in [0.15, 0.2) is 0 Å². The van der Waals surface area contributed by atoms with Gasteiger partial charge in [-0.3, -0.25) is 9.36 Å². The summed E-state index contributed by atoms with van der Waals surface area (Å²) in [7, 11) is 0. The zero-order chi connectivity index (χ0) is 16.3. The SMILES string of the molecule is CCOC(=O)c1cc(Br)c(CBr)n(-c2ccc(F)cc2)c1=O. The van der Waals surface area contributed by atoms with E-state index >= 15 is 0 Å². The topological polar surface area (TPSA) is 48.3 Å². The molecule has 0 aliphatic rings. The van der Waals surface area contributed by atoms with Crippen molar-refractivity contribution in [1.82, 2.24) is 4.57 Å². The van der Waals surface area contributed by atoms with Gasteiger partial charge in [-0.1, -0.05) is 15.9 Å². The number of hydrogen-bond donors (Lipinski definition) is 0. The van der Waals surface area contributed by atoms with Crippen LogP contribution in [0.15, 0.2) is 39.6 Å².